The maximum atomic E-state index is 13.2. The molecule has 0 saturated heterocycles. The van der Waals surface area contributed by atoms with Gasteiger partial charge in [0.05, 0.1) is 0 Å². The largest absolute Gasteiger partial charge is 0.372 e. The molecule has 0 aliphatic carbocycles. The highest BCUT2D eigenvalue weighted by atomic mass is 79.9. The van der Waals surface area contributed by atoms with Gasteiger partial charge in [0.1, 0.15) is 11.5 Å². The lowest BCUT2D eigenvalue weighted by molar-refractivity contribution is 0.0357. The highest BCUT2D eigenvalue weighted by molar-refractivity contribution is 9.10. The molecule has 0 aliphatic heterocycles. The summed E-state index contributed by atoms with van der Waals surface area (Å²) >= 11 is 3.18. The molecule has 0 heterocycles. The first-order valence-electron chi connectivity index (χ1n) is 3.94. The Bertz CT molecular complexity index is 314. The zero-order valence-corrected chi connectivity index (χ0v) is 8.81. The number of benzene rings is 1. The molecule has 1 atom stereocenters. The van der Waals surface area contributed by atoms with Crippen LogP contribution >= 0.6 is 15.9 Å². The molecule has 4 heteroatoms. The quantitative estimate of drug-likeness (QED) is 0.787. The third-order valence-corrected chi connectivity index (χ3v) is 2.43. The van der Waals surface area contributed by atoms with E-state index in [0.717, 1.165) is 0 Å². The van der Waals surface area contributed by atoms with E-state index < -0.39 is 11.5 Å². The molecule has 0 bridgehead atoms. The minimum Gasteiger partial charge on any atom is -0.372 e. The van der Waals surface area contributed by atoms with Crippen LogP contribution in [0.25, 0.3) is 0 Å². The van der Waals surface area contributed by atoms with Crippen LogP contribution in [-0.2, 0) is 5.72 Å². The molecule has 13 heavy (non-hydrogen) atoms. The van der Waals surface area contributed by atoms with Gasteiger partial charge in [-0.3, -0.25) is 5.73 Å². The highest BCUT2D eigenvalue weighted by Gasteiger charge is 2.24. The number of aliphatic hydroxyl groups is 1. The van der Waals surface area contributed by atoms with E-state index in [1.165, 1.54) is 12.1 Å². The zero-order chi connectivity index (χ0) is 10.1. The van der Waals surface area contributed by atoms with Crippen molar-refractivity contribution in [3.05, 3.63) is 34.1 Å². The van der Waals surface area contributed by atoms with Crippen LogP contribution in [0.5, 0.6) is 0 Å². The van der Waals surface area contributed by atoms with E-state index in [2.05, 4.69) is 15.9 Å². The lowest BCUT2D eigenvalue weighted by Crippen LogP contribution is -2.36. The van der Waals surface area contributed by atoms with Crippen LogP contribution in [0.2, 0.25) is 0 Å². The smallest absolute Gasteiger partial charge is 0.142 e. The minimum absolute atomic E-state index is 0.115. The Morgan fingerprint density at radius 2 is 2.23 bits per heavy atom. The molecule has 1 rings (SSSR count). The van der Waals surface area contributed by atoms with Gasteiger partial charge >= 0.3 is 0 Å². The molecule has 0 radical (unpaired) electrons. The molecule has 0 fully saturated rings. The number of nitrogens with two attached hydrogens (primary N) is 1. The van der Waals surface area contributed by atoms with Crippen molar-refractivity contribution in [2.45, 2.75) is 19.1 Å². The second kappa shape index (κ2) is 3.74. The summed E-state index contributed by atoms with van der Waals surface area (Å²) in [6.07, 6.45) is 0.264. The molecular formula is C9H11BrFNO. The predicted molar refractivity (Wildman–Crippen MR) is 52.5 cm³/mol. The third-order valence-electron chi connectivity index (χ3n) is 1.93. The summed E-state index contributed by atoms with van der Waals surface area (Å²) in [5.41, 5.74) is 4.03. The molecule has 0 aliphatic rings. The van der Waals surface area contributed by atoms with Crippen LogP contribution in [0.15, 0.2) is 22.7 Å². The maximum absolute atomic E-state index is 13.2. The Morgan fingerprint density at radius 3 is 2.77 bits per heavy atom. The maximum Gasteiger partial charge on any atom is 0.142 e. The van der Waals surface area contributed by atoms with Crippen molar-refractivity contribution in [3.63, 3.8) is 0 Å². The van der Waals surface area contributed by atoms with Crippen molar-refractivity contribution in [2.24, 2.45) is 5.73 Å². The van der Waals surface area contributed by atoms with Gasteiger partial charge in [0.15, 0.2) is 0 Å². The van der Waals surface area contributed by atoms with Crippen molar-refractivity contribution in [1.29, 1.82) is 0 Å². The number of hydrogen-bond acceptors (Lipinski definition) is 2. The lowest BCUT2D eigenvalue weighted by Gasteiger charge is -2.22. The van der Waals surface area contributed by atoms with Gasteiger partial charge in [-0.05, 0) is 24.6 Å². The molecule has 0 aromatic heterocycles. The average molecular weight is 248 g/mol. The molecule has 1 aromatic carbocycles. The lowest BCUT2D eigenvalue weighted by atomic mass is 10.0. The minimum atomic E-state index is -1.59. The fourth-order valence-electron chi connectivity index (χ4n) is 1.02. The summed E-state index contributed by atoms with van der Waals surface area (Å²) in [6.45, 7) is 1.69. The van der Waals surface area contributed by atoms with Crippen LogP contribution in [0, 0.1) is 5.82 Å². The molecule has 72 valence electrons. The van der Waals surface area contributed by atoms with E-state index in [1.54, 1.807) is 13.0 Å². The molecule has 3 N–H and O–H groups in total. The van der Waals surface area contributed by atoms with Gasteiger partial charge in [-0.25, -0.2) is 4.39 Å². The van der Waals surface area contributed by atoms with Crippen molar-refractivity contribution < 1.29 is 9.50 Å². The Balaban J connectivity index is 3.20. The fourth-order valence-corrected chi connectivity index (χ4v) is 1.38. The van der Waals surface area contributed by atoms with Crippen LogP contribution in [0.1, 0.15) is 18.9 Å². The van der Waals surface area contributed by atoms with Crippen molar-refractivity contribution in [2.75, 3.05) is 0 Å². The van der Waals surface area contributed by atoms with Gasteiger partial charge in [0, 0.05) is 10.0 Å². The van der Waals surface area contributed by atoms with Crippen molar-refractivity contribution >= 4 is 15.9 Å². The fraction of sp³-hybridized carbons (Fsp3) is 0.333. The molecule has 0 unspecified atom stereocenters. The molecule has 0 spiro atoms. The van der Waals surface area contributed by atoms with Crippen molar-refractivity contribution in [1.82, 2.24) is 0 Å². The van der Waals surface area contributed by atoms with E-state index in [0.29, 0.717) is 4.47 Å². The van der Waals surface area contributed by atoms with E-state index in [1.807, 2.05) is 0 Å². The summed E-state index contributed by atoms with van der Waals surface area (Å²) in [4.78, 5) is 0. The summed E-state index contributed by atoms with van der Waals surface area (Å²) in [6, 6.07) is 4.32. The number of rotatable bonds is 2. The highest BCUT2D eigenvalue weighted by Crippen LogP contribution is 2.25. The predicted octanol–water partition coefficient (Wildman–Crippen LogP) is 2.10. The molecule has 0 amide bonds. The third kappa shape index (κ3) is 2.27. The summed E-state index contributed by atoms with van der Waals surface area (Å²) in [5.74, 6) is -0.491. The van der Waals surface area contributed by atoms with E-state index in [9.17, 15) is 9.50 Å². The zero-order valence-electron chi connectivity index (χ0n) is 7.22. The van der Waals surface area contributed by atoms with Crippen LogP contribution in [0.4, 0.5) is 4.39 Å². The SMILES string of the molecule is CC[C@@](N)(O)c1cc(Br)ccc1F. The van der Waals surface area contributed by atoms with Gasteiger partial charge in [0.25, 0.3) is 0 Å². The van der Waals surface area contributed by atoms with Crippen LogP contribution < -0.4 is 5.73 Å². The normalized spacial score (nSPS) is 15.5. The first kappa shape index (κ1) is 10.6. The molecule has 2 nitrogen and oxygen atoms in total. The van der Waals surface area contributed by atoms with E-state index >= 15 is 0 Å². The van der Waals surface area contributed by atoms with Gasteiger partial charge in [-0.2, -0.15) is 0 Å². The van der Waals surface area contributed by atoms with E-state index in [4.69, 9.17) is 5.73 Å². The van der Waals surface area contributed by atoms with Gasteiger partial charge in [-0.1, -0.05) is 22.9 Å². The van der Waals surface area contributed by atoms with Crippen LogP contribution in [0.3, 0.4) is 0 Å². The summed E-state index contributed by atoms with van der Waals surface area (Å²) in [7, 11) is 0. The van der Waals surface area contributed by atoms with Crippen LogP contribution in [-0.4, -0.2) is 5.11 Å². The monoisotopic (exact) mass is 247 g/mol. The number of hydrogen-bond donors (Lipinski definition) is 2. The van der Waals surface area contributed by atoms with Crippen molar-refractivity contribution in [3.8, 4) is 0 Å². The Labute approximate surface area is 84.7 Å². The Hall–Kier alpha value is -0.450. The average Bonchev–Trinajstić information content (AvgIpc) is 2.09. The topological polar surface area (TPSA) is 46.2 Å². The first-order chi connectivity index (χ1) is 5.97. The summed E-state index contributed by atoms with van der Waals surface area (Å²) < 4.78 is 13.9. The van der Waals surface area contributed by atoms with Gasteiger partial charge < -0.3 is 5.11 Å². The van der Waals surface area contributed by atoms with Gasteiger partial charge in [-0.15, -0.1) is 0 Å². The standard InChI is InChI=1S/C9H11BrFNO/c1-2-9(12,13)7-5-6(10)3-4-8(7)11/h3-5,13H,2,12H2,1H3/t9-/m1/s1. The molecule has 1 aromatic rings. The first-order valence-corrected chi connectivity index (χ1v) is 4.73. The van der Waals surface area contributed by atoms with Gasteiger partial charge in [0.2, 0.25) is 0 Å². The molecule has 0 saturated carbocycles. The van der Waals surface area contributed by atoms with E-state index in [-0.39, 0.29) is 12.0 Å². The second-order valence-electron chi connectivity index (χ2n) is 2.90. The summed E-state index contributed by atoms with van der Waals surface area (Å²) in [5, 5.41) is 9.62. The molecular weight excluding hydrogens is 237 g/mol. The number of halogens is 2. The Kier molecular flexibility index (Phi) is 3.05. The Morgan fingerprint density at radius 1 is 1.62 bits per heavy atom. The second-order valence-corrected chi connectivity index (χ2v) is 3.82.